The van der Waals surface area contributed by atoms with Crippen molar-refractivity contribution in [1.29, 1.82) is 0 Å². The Morgan fingerprint density at radius 2 is 1.97 bits per heavy atom. The lowest BCUT2D eigenvalue weighted by molar-refractivity contribution is 0.0362. The molecule has 158 valence electrons. The zero-order valence-corrected chi connectivity index (χ0v) is 17.3. The Bertz CT molecular complexity index is 1080. The summed E-state index contributed by atoms with van der Waals surface area (Å²) in [6.07, 6.45) is 4.46. The molecule has 0 unspecified atom stereocenters. The number of aromatic amines is 1. The van der Waals surface area contributed by atoms with E-state index in [1.54, 1.807) is 10.8 Å². The maximum atomic E-state index is 12.9. The van der Waals surface area contributed by atoms with Gasteiger partial charge in [0.2, 0.25) is 0 Å². The number of morpholine rings is 1. The summed E-state index contributed by atoms with van der Waals surface area (Å²) in [7, 11) is 0. The van der Waals surface area contributed by atoms with E-state index in [1.807, 2.05) is 37.4 Å². The average Bonchev–Trinajstić information content (AvgIpc) is 3.17. The van der Waals surface area contributed by atoms with Crippen molar-refractivity contribution in [3.8, 4) is 0 Å². The molecule has 4 rings (SSSR count). The second-order valence-electron chi connectivity index (χ2n) is 7.69. The molecule has 0 aliphatic carbocycles. The van der Waals surface area contributed by atoms with Gasteiger partial charge in [-0.15, -0.1) is 0 Å². The Morgan fingerprint density at radius 1 is 1.17 bits per heavy atom. The smallest absolute Gasteiger partial charge is 0.263 e. The van der Waals surface area contributed by atoms with Crippen LogP contribution in [0.25, 0.3) is 10.9 Å². The number of H-pyrrole nitrogens is 1. The van der Waals surface area contributed by atoms with E-state index in [9.17, 15) is 9.59 Å². The van der Waals surface area contributed by atoms with Gasteiger partial charge in [0.25, 0.3) is 11.5 Å². The summed E-state index contributed by atoms with van der Waals surface area (Å²) in [6.45, 7) is 6.83. The number of nitrogens with zero attached hydrogens (tertiary/aromatic N) is 2. The molecule has 0 spiro atoms. The van der Waals surface area contributed by atoms with E-state index in [1.165, 1.54) is 0 Å². The van der Waals surface area contributed by atoms with Gasteiger partial charge in [0.1, 0.15) is 5.56 Å². The van der Waals surface area contributed by atoms with Gasteiger partial charge in [-0.3, -0.25) is 14.5 Å². The van der Waals surface area contributed by atoms with Gasteiger partial charge in [0.15, 0.2) is 0 Å². The Morgan fingerprint density at radius 3 is 2.80 bits per heavy atom. The largest absolute Gasteiger partial charge is 0.379 e. The summed E-state index contributed by atoms with van der Waals surface area (Å²) in [5, 5.41) is 4.08. The molecular weight excluding hydrogens is 380 g/mol. The van der Waals surface area contributed by atoms with Crippen LogP contribution in [0.4, 0.5) is 0 Å². The summed E-state index contributed by atoms with van der Waals surface area (Å²) >= 11 is 0. The molecule has 30 heavy (non-hydrogen) atoms. The Balaban J connectivity index is 1.39. The SMILES string of the molecule is Cc1ccn(CCN2CCOCC2)c(=O)c1C(=O)NCCc1c[nH]c2ccccc12. The van der Waals surface area contributed by atoms with E-state index in [2.05, 4.69) is 21.3 Å². The molecule has 3 aromatic rings. The fourth-order valence-corrected chi connectivity index (χ4v) is 3.93. The predicted octanol–water partition coefficient (Wildman–Crippen LogP) is 1.94. The van der Waals surface area contributed by atoms with Crippen LogP contribution in [0.2, 0.25) is 0 Å². The van der Waals surface area contributed by atoms with Gasteiger partial charge in [-0.05, 0) is 36.6 Å². The summed E-state index contributed by atoms with van der Waals surface area (Å²) in [4.78, 5) is 31.2. The Labute approximate surface area is 175 Å². The second kappa shape index (κ2) is 9.28. The molecular formula is C23H28N4O3. The van der Waals surface area contributed by atoms with Crippen molar-refractivity contribution in [2.24, 2.45) is 0 Å². The van der Waals surface area contributed by atoms with Crippen LogP contribution in [-0.4, -0.2) is 59.8 Å². The van der Waals surface area contributed by atoms with Crippen molar-refractivity contribution in [3.05, 3.63) is 69.8 Å². The normalized spacial score (nSPS) is 14.8. The number of carbonyl (C=O) groups excluding carboxylic acids is 1. The molecule has 7 heteroatoms. The molecule has 1 amide bonds. The molecule has 2 N–H and O–H groups in total. The maximum Gasteiger partial charge on any atom is 0.263 e. The lowest BCUT2D eigenvalue weighted by atomic mass is 10.1. The van der Waals surface area contributed by atoms with E-state index < -0.39 is 0 Å². The molecule has 0 bridgehead atoms. The average molecular weight is 409 g/mol. The molecule has 3 heterocycles. The monoisotopic (exact) mass is 408 g/mol. The zero-order valence-electron chi connectivity index (χ0n) is 17.3. The zero-order chi connectivity index (χ0) is 20.9. The summed E-state index contributed by atoms with van der Waals surface area (Å²) in [6, 6.07) is 9.94. The minimum absolute atomic E-state index is 0.229. The molecule has 1 fully saturated rings. The molecule has 0 saturated carbocycles. The number of pyridine rings is 1. The number of rotatable bonds is 7. The number of nitrogens with one attached hydrogen (secondary N) is 2. The van der Waals surface area contributed by atoms with Crippen LogP contribution in [-0.2, 0) is 17.7 Å². The first kappa shape index (κ1) is 20.4. The predicted molar refractivity (Wildman–Crippen MR) is 117 cm³/mol. The van der Waals surface area contributed by atoms with Crippen LogP contribution in [0.15, 0.2) is 47.5 Å². The van der Waals surface area contributed by atoms with Gasteiger partial charge in [0, 0.05) is 56.0 Å². The lowest BCUT2D eigenvalue weighted by Gasteiger charge is -2.26. The van der Waals surface area contributed by atoms with Gasteiger partial charge < -0.3 is 19.6 Å². The second-order valence-corrected chi connectivity index (χ2v) is 7.69. The first-order valence-electron chi connectivity index (χ1n) is 10.5. The van der Waals surface area contributed by atoms with Crippen LogP contribution in [0.5, 0.6) is 0 Å². The number of fused-ring (bicyclic) bond motifs is 1. The van der Waals surface area contributed by atoms with Crippen LogP contribution in [0.3, 0.4) is 0 Å². The minimum atomic E-state index is -0.307. The number of aryl methyl sites for hydroxylation is 1. The quantitative estimate of drug-likeness (QED) is 0.626. The topological polar surface area (TPSA) is 79.4 Å². The van der Waals surface area contributed by atoms with Crippen LogP contribution >= 0.6 is 0 Å². The van der Waals surface area contributed by atoms with Crippen molar-refractivity contribution < 1.29 is 9.53 Å². The fraction of sp³-hybridized carbons (Fsp3) is 0.391. The summed E-state index contributed by atoms with van der Waals surface area (Å²) < 4.78 is 7.00. The highest BCUT2D eigenvalue weighted by atomic mass is 16.5. The van der Waals surface area contributed by atoms with Crippen LogP contribution in [0.1, 0.15) is 21.5 Å². The third-order valence-corrected chi connectivity index (χ3v) is 5.72. The van der Waals surface area contributed by atoms with Crippen molar-refractivity contribution in [3.63, 3.8) is 0 Å². The van der Waals surface area contributed by atoms with E-state index in [4.69, 9.17) is 4.74 Å². The molecule has 2 aromatic heterocycles. The van der Waals surface area contributed by atoms with Gasteiger partial charge in [-0.25, -0.2) is 0 Å². The van der Waals surface area contributed by atoms with Gasteiger partial charge >= 0.3 is 0 Å². The van der Waals surface area contributed by atoms with Crippen LogP contribution in [0, 0.1) is 6.92 Å². The number of para-hydroxylation sites is 1. The van der Waals surface area contributed by atoms with Crippen molar-refractivity contribution in [2.75, 3.05) is 39.4 Å². The molecule has 7 nitrogen and oxygen atoms in total. The van der Waals surface area contributed by atoms with Crippen molar-refractivity contribution in [1.82, 2.24) is 19.8 Å². The third-order valence-electron chi connectivity index (χ3n) is 5.72. The third kappa shape index (κ3) is 4.47. The first-order chi connectivity index (χ1) is 14.6. The summed E-state index contributed by atoms with van der Waals surface area (Å²) in [5.41, 5.74) is 2.94. The summed E-state index contributed by atoms with van der Waals surface area (Å²) in [5.74, 6) is -0.307. The Hall–Kier alpha value is -2.90. The number of hydrogen-bond acceptors (Lipinski definition) is 4. The number of aromatic nitrogens is 2. The highest BCUT2D eigenvalue weighted by Gasteiger charge is 2.17. The number of amides is 1. The van der Waals surface area contributed by atoms with Gasteiger partial charge in [0.05, 0.1) is 13.2 Å². The first-order valence-corrected chi connectivity index (χ1v) is 10.5. The van der Waals surface area contributed by atoms with Gasteiger partial charge in [-0.2, -0.15) is 0 Å². The van der Waals surface area contributed by atoms with Crippen LogP contribution < -0.4 is 10.9 Å². The minimum Gasteiger partial charge on any atom is -0.379 e. The maximum absolute atomic E-state index is 12.9. The van der Waals surface area contributed by atoms with Gasteiger partial charge in [-0.1, -0.05) is 18.2 Å². The number of hydrogen-bond donors (Lipinski definition) is 2. The lowest BCUT2D eigenvalue weighted by Crippen LogP contribution is -2.40. The van der Waals surface area contributed by atoms with E-state index in [0.717, 1.165) is 49.3 Å². The molecule has 1 aliphatic rings. The Kier molecular flexibility index (Phi) is 6.30. The fourth-order valence-electron chi connectivity index (χ4n) is 3.93. The molecule has 0 atom stereocenters. The molecule has 0 radical (unpaired) electrons. The molecule has 1 saturated heterocycles. The molecule has 1 aliphatic heterocycles. The molecule has 1 aromatic carbocycles. The number of benzene rings is 1. The van der Waals surface area contributed by atoms with Crippen molar-refractivity contribution in [2.45, 2.75) is 19.9 Å². The van der Waals surface area contributed by atoms with E-state index in [0.29, 0.717) is 25.1 Å². The standard InChI is InChI=1S/C23H28N4O3/c1-17-7-9-27(11-10-26-12-14-30-15-13-26)23(29)21(17)22(28)24-8-6-18-16-25-20-5-3-2-4-19(18)20/h2-5,7,9,16,25H,6,8,10-15H2,1H3,(H,24,28). The van der Waals surface area contributed by atoms with E-state index in [-0.39, 0.29) is 17.0 Å². The van der Waals surface area contributed by atoms with E-state index >= 15 is 0 Å². The number of carbonyl (C=O) groups is 1. The van der Waals surface area contributed by atoms with Crippen molar-refractivity contribution >= 4 is 16.8 Å². The highest BCUT2D eigenvalue weighted by Crippen LogP contribution is 2.17. The number of ether oxygens (including phenoxy) is 1. The highest BCUT2D eigenvalue weighted by molar-refractivity contribution is 5.95.